The Labute approximate surface area is 155 Å². The van der Waals surface area contributed by atoms with Crippen LogP contribution in [0.4, 0.5) is 0 Å². The van der Waals surface area contributed by atoms with Gasteiger partial charge in [-0.05, 0) is 65.7 Å². The summed E-state index contributed by atoms with van der Waals surface area (Å²) in [5.74, 6) is -0.847. The van der Waals surface area contributed by atoms with Crippen molar-refractivity contribution < 1.29 is 9.59 Å². The number of aromatic nitrogens is 4. The number of carbonyl (C=O) groups excluding carboxylic acids is 2. The average molecular weight is 362 g/mol. The molecule has 0 aliphatic heterocycles. The van der Waals surface area contributed by atoms with Crippen LogP contribution < -0.4 is 10.9 Å². The standard InChI is InChI=1S/C19H18N6O2/c1-13-3-4-15(14(2)11-13)7-10-18(26)21-22-19(27)16-5-8-17(9-6-16)25-12-20-23-24-25/h3-12H,1-2H3,(H,21,26)(H,22,27)/b10-7+. The number of carbonyl (C=O) groups is 2. The third kappa shape index (κ3) is 4.63. The predicted molar refractivity (Wildman–Crippen MR) is 99.7 cm³/mol. The van der Waals surface area contributed by atoms with E-state index >= 15 is 0 Å². The highest BCUT2D eigenvalue weighted by Crippen LogP contribution is 2.12. The Kier molecular flexibility index (Phi) is 5.36. The van der Waals surface area contributed by atoms with Gasteiger partial charge in [-0.25, -0.2) is 4.68 Å². The summed E-state index contributed by atoms with van der Waals surface area (Å²) in [6.45, 7) is 3.99. The zero-order chi connectivity index (χ0) is 19.2. The molecule has 2 N–H and O–H groups in total. The Morgan fingerprint density at radius 2 is 1.81 bits per heavy atom. The molecule has 0 aliphatic rings. The Bertz CT molecular complexity index is 978. The number of nitrogens with zero attached hydrogens (tertiary/aromatic N) is 4. The first-order chi connectivity index (χ1) is 13.0. The monoisotopic (exact) mass is 362 g/mol. The highest BCUT2D eigenvalue weighted by molar-refractivity contribution is 5.98. The van der Waals surface area contributed by atoms with Gasteiger partial charge in [0.15, 0.2) is 0 Å². The summed E-state index contributed by atoms with van der Waals surface area (Å²) in [4.78, 5) is 24.0. The summed E-state index contributed by atoms with van der Waals surface area (Å²) in [6.07, 6.45) is 4.54. The highest BCUT2D eigenvalue weighted by Gasteiger charge is 2.07. The second-order valence-corrected chi connectivity index (χ2v) is 5.94. The molecule has 8 nitrogen and oxygen atoms in total. The van der Waals surface area contributed by atoms with E-state index in [2.05, 4.69) is 26.4 Å². The second kappa shape index (κ2) is 8.05. The Balaban J connectivity index is 1.55. The van der Waals surface area contributed by atoms with E-state index in [1.165, 1.54) is 17.1 Å². The summed E-state index contributed by atoms with van der Waals surface area (Å²) in [5, 5.41) is 10.9. The topological polar surface area (TPSA) is 102 Å². The van der Waals surface area contributed by atoms with Gasteiger partial charge in [-0.1, -0.05) is 23.8 Å². The van der Waals surface area contributed by atoms with Crippen LogP contribution in [0.25, 0.3) is 11.8 Å². The molecule has 2 amide bonds. The SMILES string of the molecule is Cc1ccc(/C=C/C(=O)NNC(=O)c2ccc(-n3cnnn3)cc2)c(C)c1. The van der Waals surface area contributed by atoms with Crippen molar-refractivity contribution >= 4 is 17.9 Å². The molecule has 3 rings (SSSR count). The van der Waals surface area contributed by atoms with Crippen molar-refractivity contribution in [3.8, 4) is 5.69 Å². The molecule has 0 radical (unpaired) electrons. The third-order valence-electron chi connectivity index (χ3n) is 3.88. The molecular formula is C19H18N6O2. The van der Waals surface area contributed by atoms with Crippen LogP contribution in [0.15, 0.2) is 54.9 Å². The summed E-state index contributed by atoms with van der Waals surface area (Å²) >= 11 is 0. The van der Waals surface area contributed by atoms with E-state index in [4.69, 9.17) is 0 Å². The molecule has 0 aliphatic carbocycles. The van der Waals surface area contributed by atoms with E-state index in [9.17, 15) is 9.59 Å². The summed E-state index contributed by atoms with van der Waals surface area (Å²) in [6, 6.07) is 12.6. The molecule has 3 aromatic rings. The van der Waals surface area contributed by atoms with E-state index in [1.54, 1.807) is 30.3 Å². The van der Waals surface area contributed by atoms with Gasteiger partial charge in [0.25, 0.3) is 11.8 Å². The Morgan fingerprint density at radius 3 is 2.48 bits per heavy atom. The van der Waals surface area contributed by atoms with E-state index < -0.39 is 11.8 Å². The van der Waals surface area contributed by atoms with Crippen molar-refractivity contribution in [2.24, 2.45) is 0 Å². The quantitative estimate of drug-likeness (QED) is 0.544. The molecule has 0 unspecified atom stereocenters. The normalized spacial score (nSPS) is 10.7. The van der Waals surface area contributed by atoms with E-state index in [-0.39, 0.29) is 0 Å². The fraction of sp³-hybridized carbons (Fsp3) is 0.105. The summed E-state index contributed by atoms with van der Waals surface area (Å²) in [5.41, 5.74) is 9.03. The van der Waals surface area contributed by atoms with Gasteiger partial charge >= 0.3 is 0 Å². The van der Waals surface area contributed by atoms with E-state index in [0.29, 0.717) is 5.56 Å². The molecule has 0 atom stereocenters. The molecule has 0 fully saturated rings. The third-order valence-corrected chi connectivity index (χ3v) is 3.88. The van der Waals surface area contributed by atoms with Crippen LogP contribution in [0, 0.1) is 13.8 Å². The van der Waals surface area contributed by atoms with Crippen LogP contribution in [0.3, 0.4) is 0 Å². The number of hydrogen-bond donors (Lipinski definition) is 2. The van der Waals surface area contributed by atoms with Gasteiger partial charge in [0.1, 0.15) is 6.33 Å². The van der Waals surface area contributed by atoms with E-state index in [1.807, 2.05) is 32.0 Å². The minimum Gasteiger partial charge on any atom is -0.268 e. The fourth-order valence-corrected chi connectivity index (χ4v) is 2.46. The molecule has 0 bridgehead atoms. The maximum absolute atomic E-state index is 12.1. The largest absolute Gasteiger partial charge is 0.269 e. The van der Waals surface area contributed by atoms with Crippen molar-refractivity contribution in [2.45, 2.75) is 13.8 Å². The number of nitrogens with one attached hydrogen (secondary N) is 2. The van der Waals surface area contributed by atoms with Gasteiger partial charge in [0, 0.05) is 11.6 Å². The van der Waals surface area contributed by atoms with Crippen molar-refractivity contribution in [1.29, 1.82) is 0 Å². The van der Waals surface area contributed by atoms with E-state index in [0.717, 1.165) is 22.4 Å². The second-order valence-electron chi connectivity index (χ2n) is 5.94. The lowest BCUT2D eigenvalue weighted by Gasteiger charge is -2.06. The minimum atomic E-state index is -0.425. The van der Waals surface area contributed by atoms with Crippen LogP contribution in [0.5, 0.6) is 0 Å². The van der Waals surface area contributed by atoms with Gasteiger partial charge in [0.05, 0.1) is 5.69 Å². The van der Waals surface area contributed by atoms with Crippen molar-refractivity contribution in [3.63, 3.8) is 0 Å². The maximum atomic E-state index is 12.1. The van der Waals surface area contributed by atoms with Crippen LogP contribution >= 0.6 is 0 Å². The minimum absolute atomic E-state index is 0.394. The summed E-state index contributed by atoms with van der Waals surface area (Å²) < 4.78 is 1.47. The van der Waals surface area contributed by atoms with Gasteiger partial charge < -0.3 is 0 Å². The number of amides is 2. The molecule has 1 heterocycles. The van der Waals surface area contributed by atoms with Gasteiger partial charge in [-0.3, -0.25) is 20.4 Å². The van der Waals surface area contributed by atoms with Crippen molar-refractivity contribution in [3.05, 3.63) is 77.1 Å². The maximum Gasteiger partial charge on any atom is 0.269 e. The van der Waals surface area contributed by atoms with Crippen LogP contribution in [0.2, 0.25) is 0 Å². The number of hydrazine groups is 1. The van der Waals surface area contributed by atoms with Gasteiger partial charge in [0.2, 0.25) is 0 Å². The molecule has 0 spiro atoms. The lowest BCUT2D eigenvalue weighted by atomic mass is 10.1. The van der Waals surface area contributed by atoms with Crippen LogP contribution in [-0.4, -0.2) is 32.0 Å². The number of tetrazole rings is 1. The Morgan fingerprint density at radius 1 is 1.04 bits per heavy atom. The first kappa shape index (κ1) is 18.0. The highest BCUT2D eigenvalue weighted by atomic mass is 16.2. The molecule has 0 saturated heterocycles. The molecule has 8 heteroatoms. The first-order valence-corrected chi connectivity index (χ1v) is 8.22. The van der Waals surface area contributed by atoms with Crippen LogP contribution in [0.1, 0.15) is 27.0 Å². The lowest BCUT2D eigenvalue weighted by Crippen LogP contribution is -2.40. The number of hydrogen-bond acceptors (Lipinski definition) is 5. The molecule has 1 aromatic heterocycles. The zero-order valence-electron chi connectivity index (χ0n) is 14.9. The predicted octanol–water partition coefficient (Wildman–Crippen LogP) is 1.75. The fourth-order valence-electron chi connectivity index (χ4n) is 2.46. The number of rotatable bonds is 4. The first-order valence-electron chi connectivity index (χ1n) is 8.22. The lowest BCUT2D eigenvalue weighted by molar-refractivity contribution is -0.117. The zero-order valence-corrected chi connectivity index (χ0v) is 14.9. The van der Waals surface area contributed by atoms with Gasteiger partial charge in [-0.2, -0.15) is 0 Å². The van der Waals surface area contributed by atoms with Gasteiger partial charge in [-0.15, -0.1) is 5.10 Å². The molecular weight excluding hydrogens is 344 g/mol. The van der Waals surface area contributed by atoms with Crippen LogP contribution in [-0.2, 0) is 4.79 Å². The number of benzene rings is 2. The molecule has 27 heavy (non-hydrogen) atoms. The smallest absolute Gasteiger partial charge is 0.268 e. The average Bonchev–Trinajstić information content (AvgIpc) is 3.20. The molecule has 0 saturated carbocycles. The summed E-state index contributed by atoms with van der Waals surface area (Å²) in [7, 11) is 0. The molecule has 2 aromatic carbocycles. The Hall–Kier alpha value is -3.81. The molecule has 136 valence electrons. The number of aryl methyl sites for hydroxylation is 2. The van der Waals surface area contributed by atoms with Crippen molar-refractivity contribution in [1.82, 2.24) is 31.1 Å². The van der Waals surface area contributed by atoms with Crippen molar-refractivity contribution in [2.75, 3.05) is 0 Å².